The Kier molecular flexibility index (Phi) is 11.1. The number of nitrogens with zero attached hydrogens (tertiary/aromatic N) is 3. The Morgan fingerprint density at radius 3 is 1.45 bits per heavy atom. The van der Waals surface area contributed by atoms with Crippen molar-refractivity contribution in [2.75, 3.05) is 0 Å². The van der Waals surface area contributed by atoms with Crippen LogP contribution >= 0.6 is 0 Å². The highest BCUT2D eigenvalue weighted by atomic mass is 14.9. The van der Waals surface area contributed by atoms with E-state index < -0.39 is 10.8 Å². The zero-order valence-corrected chi connectivity index (χ0v) is 46.5. The fourth-order valence-corrected chi connectivity index (χ4v) is 15.3. The summed E-state index contributed by atoms with van der Waals surface area (Å²) in [6, 6.07) is 76.8. The predicted molar refractivity (Wildman–Crippen MR) is 334 cm³/mol. The van der Waals surface area contributed by atoms with Crippen molar-refractivity contribution in [1.29, 1.82) is 0 Å². The van der Waals surface area contributed by atoms with Crippen LogP contribution < -0.4 is 4.57 Å². The summed E-state index contributed by atoms with van der Waals surface area (Å²) < 4.78 is 2.15. The number of hydrogen-bond donors (Lipinski definition) is 0. The Morgan fingerprint density at radius 1 is 0.390 bits per heavy atom. The van der Waals surface area contributed by atoms with E-state index in [-0.39, 0.29) is 5.92 Å². The van der Waals surface area contributed by atoms with E-state index in [9.17, 15) is 0 Å². The maximum atomic E-state index is 5.04. The molecule has 2 spiro atoms. The van der Waals surface area contributed by atoms with Crippen molar-refractivity contribution >= 4 is 11.1 Å². The van der Waals surface area contributed by atoms with Crippen LogP contribution in [0.25, 0.3) is 66.8 Å². The van der Waals surface area contributed by atoms with Gasteiger partial charge < -0.3 is 0 Å². The second-order valence-corrected chi connectivity index (χ2v) is 23.5. The molecule has 0 N–H and O–H groups in total. The molecule has 1 unspecified atom stereocenters. The largest absolute Gasteiger partial charge is 0.264 e. The molecule has 3 aromatic heterocycles. The summed E-state index contributed by atoms with van der Waals surface area (Å²) in [5.41, 5.74) is 33.9. The molecule has 0 fully saturated rings. The molecular formula is C79H60N3+. The summed E-state index contributed by atoms with van der Waals surface area (Å²) in [6.07, 6.45) is 23.5. The van der Waals surface area contributed by atoms with E-state index in [0.29, 0.717) is 0 Å². The molecule has 1 atom stereocenters. The first-order valence-electron chi connectivity index (χ1n) is 29.2. The minimum absolute atomic E-state index is 0.155. The third-order valence-electron chi connectivity index (χ3n) is 19.3. The highest BCUT2D eigenvalue weighted by molar-refractivity contribution is 5.94. The molecule has 82 heavy (non-hydrogen) atoms. The van der Waals surface area contributed by atoms with Gasteiger partial charge in [0.2, 0.25) is 0 Å². The Balaban J connectivity index is 0.824. The number of rotatable bonds is 5. The molecule has 0 aliphatic heterocycles. The standard InChI is InChI=1S/C79H60N3/c1-50-40-56(59-29-34-66-67-35-30-60(62-19-13-39-82(3)49-62)45-77(67)79(76(66)44-59)72-22-10-6-16-54(72)26-27-55-17-7-11-23-73(55)79)28-33-65(51(50)2)64-41-63(47-81-48-64)58-32-37-75-69(43-58)68-42-57(61-18-12-38-80-46-61)31-36-74(68)78(75)70-20-8-4-14-52(70)24-25-53-15-5-9-21-71(53)78/h4-23,28-49,51H,24-27H2,1-3H3/q+1. The summed E-state index contributed by atoms with van der Waals surface area (Å²) in [6.45, 7) is 4.66. The lowest BCUT2D eigenvalue weighted by Gasteiger charge is -2.35. The van der Waals surface area contributed by atoms with Crippen molar-refractivity contribution < 1.29 is 4.57 Å². The third-order valence-corrected chi connectivity index (χ3v) is 19.3. The van der Waals surface area contributed by atoms with Crippen molar-refractivity contribution in [1.82, 2.24) is 9.97 Å². The predicted octanol–water partition coefficient (Wildman–Crippen LogP) is 17.3. The summed E-state index contributed by atoms with van der Waals surface area (Å²) >= 11 is 0. The molecule has 3 nitrogen and oxygen atoms in total. The lowest BCUT2D eigenvalue weighted by Crippen LogP contribution is -2.30. The molecule has 5 aliphatic rings. The maximum Gasteiger partial charge on any atom is 0.176 e. The Labute approximate surface area is 481 Å². The summed E-state index contributed by atoms with van der Waals surface area (Å²) in [5, 5.41) is 0. The molecule has 8 aromatic carbocycles. The zero-order chi connectivity index (χ0) is 54.7. The van der Waals surface area contributed by atoms with E-state index in [0.717, 1.165) is 47.9 Å². The van der Waals surface area contributed by atoms with Gasteiger partial charge in [0.05, 0.1) is 10.8 Å². The molecule has 3 heterocycles. The SMILES string of the molecule is CC1=CC(c2ccc3c(c2)C2(c4ccccc4CCc4ccccc42)c2cc(-c4ccc[n+](C)c4)ccc2-3)=CC=C(c2cncc(-c3ccc4c(c3)-c3cc(-c5cccnc5)ccc3C43c4ccccc4CCc4ccccc43)c2)C1C. The van der Waals surface area contributed by atoms with Crippen LogP contribution in [-0.2, 0) is 43.6 Å². The van der Waals surface area contributed by atoms with E-state index in [4.69, 9.17) is 4.98 Å². The number of aromatic nitrogens is 3. The first kappa shape index (κ1) is 48.3. The first-order valence-corrected chi connectivity index (χ1v) is 29.2. The highest BCUT2D eigenvalue weighted by Crippen LogP contribution is 2.61. The van der Waals surface area contributed by atoms with E-state index in [1.165, 1.54) is 128 Å². The van der Waals surface area contributed by atoms with Gasteiger partial charge in [-0.05, 0) is 203 Å². The van der Waals surface area contributed by atoms with Crippen molar-refractivity contribution in [2.24, 2.45) is 13.0 Å². The fourth-order valence-electron chi connectivity index (χ4n) is 15.3. The molecule has 0 bridgehead atoms. The minimum Gasteiger partial charge on any atom is -0.264 e. The molecule has 5 aliphatic carbocycles. The lowest BCUT2D eigenvalue weighted by atomic mass is 9.65. The van der Waals surface area contributed by atoms with Gasteiger partial charge in [-0.15, -0.1) is 0 Å². The zero-order valence-electron chi connectivity index (χ0n) is 46.5. The number of hydrogen-bond acceptors (Lipinski definition) is 2. The van der Waals surface area contributed by atoms with Crippen molar-refractivity contribution in [2.45, 2.75) is 50.4 Å². The Bertz CT molecular complexity index is 4470. The van der Waals surface area contributed by atoms with E-state index in [2.05, 4.69) is 268 Å². The van der Waals surface area contributed by atoms with Gasteiger partial charge in [0, 0.05) is 53.5 Å². The van der Waals surface area contributed by atoms with Crippen molar-refractivity contribution in [3.63, 3.8) is 0 Å². The molecule has 0 saturated heterocycles. The molecular weight excluding hydrogens is 991 g/mol. The van der Waals surface area contributed by atoms with Crippen LogP contribution in [0.1, 0.15) is 91.7 Å². The second-order valence-electron chi connectivity index (χ2n) is 23.5. The lowest BCUT2D eigenvalue weighted by molar-refractivity contribution is -0.671. The fraction of sp³-hybridized carbons (Fsp3) is 0.127. The van der Waals surface area contributed by atoms with Gasteiger partial charge in [0.1, 0.15) is 7.05 Å². The summed E-state index contributed by atoms with van der Waals surface area (Å²) in [4.78, 5) is 9.58. The Hall–Kier alpha value is -9.57. The van der Waals surface area contributed by atoms with E-state index >= 15 is 0 Å². The molecule has 0 saturated carbocycles. The van der Waals surface area contributed by atoms with Gasteiger partial charge in [0.15, 0.2) is 12.4 Å². The number of aryl methyl sites for hydroxylation is 5. The van der Waals surface area contributed by atoms with Crippen molar-refractivity contribution in [3.05, 3.63) is 339 Å². The first-order chi connectivity index (χ1) is 40.4. The van der Waals surface area contributed by atoms with Crippen LogP contribution in [0.5, 0.6) is 0 Å². The topological polar surface area (TPSA) is 29.7 Å². The molecule has 16 rings (SSSR count). The van der Waals surface area contributed by atoms with Crippen LogP contribution in [0.3, 0.4) is 0 Å². The van der Waals surface area contributed by atoms with Crippen LogP contribution in [0.4, 0.5) is 0 Å². The monoisotopic (exact) mass is 1050 g/mol. The minimum atomic E-state index is -0.506. The average Bonchev–Trinajstić information content (AvgIpc) is 1.92. The van der Waals surface area contributed by atoms with Crippen LogP contribution in [0.2, 0.25) is 0 Å². The van der Waals surface area contributed by atoms with Crippen molar-refractivity contribution in [3.8, 4) is 55.6 Å². The number of benzene rings is 8. The van der Waals surface area contributed by atoms with E-state index in [1.807, 2.05) is 18.5 Å². The van der Waals surface area contributed by atoms with E-state index in [1.54, 1.807) is 0 Å². The van der Waals surface area contributed by atoms with Gasteiger partial charge in [-0.1, -0.05) is 182 Å². The number of allylic oxidation sites excluding steroid dienone is 6. The quantitative estimate of drug-likeness (QED) is 0.161. The highest BCUT2D eigenvalue weighted by Gasteiger charge is 2.51. The van der Waals surface area contributed by atoms with Gasteiger partial charge in [-0.2, -0.15) is 0 Å². The van der Waals surface area contributed by atoms with Gasteiger partial charge in [-0.25, -0.2) is 4.57 Å². The molecule has 11 aromatic rings. The second kappa shape index (κ2) is 18.8. The average molecular weight is 1050 g/mol. The molecule has 0 amide bonds. The molecule has 3 heteroatoms. The Morgan fingerprint density at radius 2 is 0.878 bits per heavy atom. The molecule has 0 radical (unpaired) electrons. The number of pyridine rings is 3. The van der Waals surface area contributed by atoms with Crippen LogP contribution in [-0.4, -0.2) is 9.97 Å². The van der Waals surface area contributed by atoms with Gasteiger partial charge in [-0.3, -0.25) is 9.97 Å². The third kappa shape index (κ3) is 7.18. The number of fused-ring (bicyclic) bond motifs is 18. The van der Waals surface area contributed by atoms with Crippen LogP contribution in [0.15, 0.2) is 261 Å². The van der Waals surface area contributed by atoms with Gasteiger partial charge in [0.25, 0.3) is 0 Å². The smallest absolute Gasteiger partial charge is 0.176 e. The summed E-state index contributed by atoms with van der Waals surface area (Å²) in [7, 11) is 2.11. The van der Waals surface area contributed by atoms with Crippen LogP contribution in [0, 0.1) is 5.92 Å². The maximum absolute atomic E-state index is 5.04. The van der Waals surface area contributed by atoms with Gasteiger partial charge >= 0.3 is 0 Å². The summed E-state index contributed by atoms with van der Waals surface area (Å²) in [5.74, 6) is 0.155. The molecule has 390 valence electrons. The normalized spacial score (nSPS) is 16.3.